The van der Waals surface area contributed by atoms with E-state index in [4.69, 9.17) is 27.9 Å². The smallest absolute Gasteiger partial charge is 0.337 e. The Morgan fingerprint density at radius 3 is 1.52 bits per heavy atom. The lowest BCUT2D eigenvalue weighted by molar-refractivity contribution is -0.122. The highest BCUT2D eigenvalue weighted by molar-refractivity contribution is 6.38. The predicted molar refractivity (Wildman–Crippen MR) is 123 cm³/mol. The largest absolute Gasteiger partial charge is 0.465 e. The van der Waals surface area contributed by atoms with Gasteiger partial charge in [-0.15, -0.1) is 23.2 Å². The molecule has 0 radical (unpaired) electrons. The summed E-state index contributed by atoms with van der Waals surface area (Å²) in [7, 11) is 1.29. The van der Waals surface area contributed by atoms with E-state index in [-0.39, 0.29) is 0 Å². The van der Waals surface area contributed by atoms with Crippen LogP contribution in [0.2, 0.25) is 0 Å². The first-order chi connectivity index (χ1) is 15.8. The molecular weight excluding hydrogens is 461 g/mol. The third-order valence-corrected chi connectivity index (χ3v) is 8.42. The molecule has 164 valence electrons. The molecule has 3 aliphatic carbocycles. The zero-order valence-corrected chi connectivity index (χ0v) is 18.9. The van der Waals surface area contributed by atoms with Crippen LogP contribution in [0.15, 0.2) is 72.8 Å². The van der Waals surface area contributed by atoms with Crippen molar-refractivity contribution in [3.63, 3.8) is 0 Å². The molecule has 0 N–H and O–H groups in total. The standard InChI is InChI=1S/C26H17Cl2NO4/c1-33-24(32)14-10-12-15(13-11-14)29-22(30)20-21(23(29)31)26(28)17-7-3-2-6-16(17)25(20,27)18-8-4-5-9-19(18)26/h2-13,20-21H,1H3/t20-,21-,25?,26?/m1/s1. The Kier molecular flexibility index (Phi) is 4.14. The van der Waals surface area contributed by atoms with E-state index in [0.29, 0.717) is 11.3 Å². The highest BCUT2D eigenvalue weighted by Crippen LogP contribution is 2.69. The first kappa shape index (κ1) is 20.5. The van der Waals surface area contributed by atoms with Crippen LogP contribution in [-0.4, -0.2) is 24.9 Å². The summed E-state index contributed by atoms with van der Waals surface area (Å²) in [4.78, 5) is 38.2. The molecule has 3 aromatic rings. The molecule has 4 aliphatic rings. The van der Waals surface area contributed by atoms with Gasteiger partial charge in [0.25, 0.3) is 0 Å². The number of anilines is 1. The van der Waals surface area contributed by atoms with Crippen LogP contribution >= 0.6 is 23.2 Å². The minimum absolute atomic E-state index is 0.320. The van der Waals surface area contributed by atoms with Crippen molar-refractivity contribution in [3.05, 3.63) is 101 Å². The molecule has 2 bridgehead atoms. The van der Waals surface area contributed by atoms with Crippen LogP contribution in [0.1, 0.15) is 32.6 Å². The van der Waals surface area contributed by atoms with Gasteiger partial charge in [0.05, 0.1) is 30.2 Å². The maximum absolute atomic E-state index is 13.9. The molecule has 3 aromatic carbocycles. The fraction of sp³-hybridized carbons (Fsp3) is 0.192. The van der Waals surface area contributed by atoms with Crippen molar-refractivity contribution in [2.24, 2.45) is 11.8 Å². The Hall–Kier alpha value is -3.15. The number of methoxy groups -OCH3 is 1. The van der Waals surface area contributed by atoms with Crippen LogP contribution < -0.4 is 4.90 Å². The Morgan fingerprint density at radius 2 is 1.15 bits per heavy atom. The number of esters is 1. The monoisotopic (exact) mass is 477 g/mol. The molecule has 1 fully saturated rings. The average molecular weight is 478 g/mol. The number of rotatable bonds is 2. The van der Waals surface area contributed by atoms with E-state index >= 15 is 0 Å². The van der Waals surface area contributed by atoms with E-state index in [1.54, 1.807) is 12.1 Å². The molecule has 2 atom stereocenters. The van der Waals surface area contributed by atoms with Crippen molar-refractivity contribution in [2.75, 3.05) is 12.0 Å². The van der Waals surface area contributed by atoms with Crippen molar-refractivity contribution in [1.29, 1.82) is 0 Å². The van der Waals surface area contributed by atoms with Gasteiger partial charge in [-0.25, -0.2) is 9.69 Å². The normalized spacial score (nSPS) is 28.9. The van der Waals surface area contributed by atoms with Gasteiger partial charge in [0.15, 0.2) is 0 Å². The van der Waals surface area contributed by atoms with Crippen molar-refractivity contribution in [1.82, 2.24) is 0 Å². The number of hydrogen-bond acceptors (Lipinski definition) is 4. The Labute approximate surface area is 199 Å². The zero-order chi connectivity index (χ0) is 23.1. The lowest BCUT2D eigenvalue weighted by atomic mass is 9.54. The molecule has 1 aliphatic heterocycles. The summed E-state index contributed by atoms with van der Waals surface area (Å²) < 4.78 is 4.73. The van der Waals surface area contributed by atoms with Gasteiger partial charge in [-0.05, 0) is 46.5 Å². The first-order valence-corrected chi connectivity index (χ1v) is 11.2. The molecule has 7 heteroatoms. The van der Waals surface area contributed by atoms with Crippen molar-refractivity contribution < 1.29 is 19.1 Å². The number of amides is 2. The molecule has 1 heterocycles. The third-order valence-electron chi connectivity index (χ3n) is 7.13. The van der Waals surface area contributed by atoms with E-state index in [0.717, 1.165) is 27.2 Å². The lowest BCUT2D eigenvalue weighted by Gasteiger charge is -2.54. The fourth-order valence-electron chi connectivity index (χ4n) is 5.79. The number of nitrogens with zero attached hydrogens (tertiary/aromatic N) is 1. The minimum atomic E-state index is -1.22. The summed E-state index contributed by atoms with van der Waals surface area (Å²) in [6.07, 6.45) is 0. The number of carbonyl (C=O) groups excluding carboxylic acids is 3. The van der Waals surface area contributed by atoms with Gasteiger partial charge in [-0.2, -0.15) is 0 Å². The van der Waals surface area contributed by atoms with Crippen molar-refractivity contribution in [2.45, 2.75) is 9.75 Å². The zero-order valence-electron chi connectivity index (χ0n) is 17.4. The lowest BCUT2D eigenvalue weighted by Crippen LogP contribution is -2.57. The second-order valence-electron chi connectivity index (χ2n) is 8.52. The Balaban J connectivity index is 1.56. The van der Waals surface area contributed by atoms with Crippen LogP contribution in [0.25, 0.3) is 0 Å². The second-order valence-corrected chi connectivity index (χ2v) is 9.71. The summed E-state index contributed by atoms with van der Waals surface area (Å²) in [5.74, 6) is -3.04. The van der Waals surface area contributed by atoms with Gasteiger partial charge in [-0.3, -0.25) is 9.59 Å². The van der Waals surface area contributed by atoms with Gasteiger partial charge >= 0.3 is 5.97 Å². The molecule has 33 heavy (non-hydrogen) atoms. The van der Waals surface area contributed by atoms with Crippen LogP contribution in [0.5, 0.6) is 0 Å². The van der Waals surface area contributed by atoms with Gasteiger partial charge in [0.2, 0.25) is 11.8 Å². The van der Waals surface area contributed by atoms with Crippen molar-refractivity contribution >= 4 is 46.7 Å². The highest BCUT2D eigenvalue weighted by atomic mass is 35.5. The number of alkyl halides is 2. The van der Waals surface area contributed by atoms with E-state index in [1.807, 2.05) is 48.5 Å². The van der Waals surface area contributed by atoms with Crippen LogP contribution in [0.3, 0.4) is 0 Å². The maximum atomic E-state index is 13.9. The van der Waals surface area contributed by atoms with E-state index in [9.17, 15) is 14.4 Å². The molecule has 0 unspecified atom stereocenters. The Morgan fingerprint density at radius 1 is 0.758 bits per heavy atom. The summed E-state index contributed by atoms with van der Waals surface area (Å²) in [5.41, 5.74) is 3.70. The first-order valence-electron chi connectivity index (χ1n) is 10.5. The third kappa shape index (κ3) is 2.31. The maximum Gasteiger partial charge on any atom is 0.337 e. The second kappa shape index (κ2) is 6.69. The van der Waals surface area contributed by atoms with Crippen LogP contribution in [-0.2, 0) is 24.1 Å². The summed E-state index contributed by atoms with van der Waals surface area (Å²) in [6, 6.07) is 21.2. The highest BCUT2D eigenvalue weighted by Gasteiger charge is 2.73. The number of carbonyl (C=O) groups is 3. The molecule has 0 saturated carbocycles. The van der Waals surface area contributed by atoms with Gasteiger partial charge < -0.3 is 4.74 Å². The van der Waals surface area contributed by atoms with E-state index in [1.165, 1.54) is 19.2 Å². The minimum Gasteiger partial charge on any atom is -0.465 e. The van der Waals surface area contributed by atoms with Crippen molar-refractivity contribution in [3.8, 4) is 0 Å². The number of benzene rings is 3. The van der Waals surface area contributed by atoms with Gasteiger partial charge in [0.1, 0.15) is 9.75 Å². The number of hydrogen-bond donors (Lipinski definition) is 0. The molecule has 2 amide bonds. The number of halogens is 2. The molecule has 1 saturated heterocycles. The van der Waals surface area contributed by atoms with Crippen LogP contribution in [0, 0.1) is 11.8 Å². The molecule has 5 nitrogen and oxygen atoms in total. The summed E-state index contributed by atoms with van der Waals surface area (Å²) in [6.45, 7) is 0. The summed E-state index contributed by atoms with van der Waals surface area (Å²) >= 11 is 14.8. The van der Waals surface area contributed by atoms with Crippen LogP contribution in [0.4, 0.5) is 5.69 Å². The molecular formula is C26H17Cl2NO4. The fourth-order valence-corrected chi connectivity index (χ4v) is 6.88. The van der Waals surface area contributed by atoms with E-state index < -0.39 is 39.4 Å². The average Bonchev–Trinajstić information content (AvgIpc) is 3.13. The SMILES string of the molecule is COC(=O)c1ccc(N2C(=O)[C@H]3[C@H](C2=O)C2(Cl)c4ccccc4C3(Cl)c3ccccc32)cc1. The molecule has 0 aromatic heterocycles. The Bertz CT molecular complexity index is 1250. The van der Waals surface area contributed by atoms with E-state index in [2.05, 4.69) is 0 Å². The molecule has 0 spiro atoms. The number of ether oxygens (including phenoxy) is 1. The summed E-state index contributed by atoms with van der Waals surface area (Å²) in [5, 5.41) is 0. The number of imide groups is 1. The quantitative estimate of drug-likeness (QED) is 0.308. The molecule has 7 rings (SSSR count). The topological polar surface area (TPSA) is 63.7 Å². The van der Waals surface area contributed by atoms with Gasteiger partial charge in [0, 0.05) is 0 Å². The predicted octanol–water partition coefficient (Wildman–Crippen LogP) is 4.57. The van der Waals surface area contributed by atoms with Gasteiger partial charge in [-0.1, -0.05) is 48.5 Å².